The third kappa shape index (κ3) is 4.50. The second-order valence-electron chi connectivity index (χ2n) is 4.60. The number of aromatic nitrogens is 1. The van der Waals surface area contributed by atoms with Crippen LogP contribution < -0.4 is 11.3 Å². The third-order valence-electron chi connectivity index (χ3n) is 2.33. The summed E-state index contributed by atoms with van der Waals surface area (Å²) in [4.78, 5) is 17.6. The molecule has 0 aliphatic carbocycles. The fourth-order valence-corrected chi connectivity index (χ4v) is 1.70. The highest BCUT2D eigenvalue weighted by Crippen LogP contribution is 2.04. The molecule has 17 heavy (non-hydrogen) atoms. The van der Waals surface area contributed by atoms with Crippen molar-refractivity contribution in [2.24, 2.45) is 11.8 Å². The minimum Gasteiger partial charge on any atom is -0.300 e. The number of nitrogens with zero attached hydrogens (tertiary/aromatic N) is 2. The first-order valence-electron chi connectivity index (χ1n) is 5.67. The summed E-state index contributed by atoms with van der Waals surface area (Å²) in [5.41, 5.74) is 3.50. The van der Waals surface area contributed by atoms with Crippen LogP contribution in [-0.2, 0) is 6.54 Å². The second-order valence-corrected chi connectivity index (χ2v) is 4.60. The molecule has 1 amide bonds. The highest BCUT2D eigenvalue weighted by atomic mass is 16.2. The molecule has 94 valence electrons. The number of hydrogen-bond acceptors (Lipinski definition) is 4. The fourth-order valence-electron chi connectivity index (χ4n) is 1.70. The van der Waals surface area contributed by atoms with Gasteiger partial charge in [-0.1, -0.05) is 13.8 Å². The van der Waals surface area contributed by atoms with Crippen LogP contribution in [0.3, 0.4) is 0 Å². The average molecular weight is 236 g/mol. The molecule has 0 unspecified atom stereocenters. The first kappa shape index (κ1) is 13.6. The summed E-state index contributed by atoms with van der Waals surface area (Å²) in [5, 5.41) is 0. The van der Waals surface area contributed by atoms with Crippen molar-refractivity contribution in [2.45, 2.75) is 20.4 Å². The van der Waals surface area contributed by atoms with Crippen molar-refractivity contribution in [3.63, 3.8) is 0 Å². The van der Waals surface area contributed by atoms with Crippen LogP contribution in [0.1, 0.15) is 29.9 Å². The number of hydrogen-bond donors (Lipinski definition) is 2. The lowest BCUT2D eigenvalue weighted by Crippen LogP contribution is -2.30. The Balaban J connectivity index is 2.59. The average Bonchev–Trinajstić information content (AvgIpc) is 2.28. The monoisotopic (exact) mass is 236 g/mol. The van der Waals surface area contributed by atoms with E-state index in [0.717, 1.165) is 18.8 Å². The van der Waals surface area contributed by atoms with Gasteiger partial charge in [0, 0.05) is 19.3 Å². The van der Waals surface area contributed by atoms with Gasteiger partial charge in [-0.2, -0.15) is 0 Å². The minimum atomic E-state index is -0.320. The molecule has 1 aromatic rings. The van der Waals surface area contributed by atoms with E-state index in [2.05, 4.69) is 36.2 Å². The van der Waals surface area contributed by atoms with E-state index in [0.29, 0.717) is 11.5 Å². The van der Waals surface area contributed by atoms with Crippen LogP contribution in [0.5, 0.6) is 0 Å². The number of pyridine rings is 1. The highest BCUT2D eigenvalue weighted by molar-refractivity contribution is 5.93. The molecule has 0 atom stereocenters. The summed E-state index contributed by atoms with van der Waals surface area (Å²) in [6.07, 6.45) is 1.54. The molecule has 3 N–H and O–H groups in total. The molecule has 1 aromatic heterocycles. The molecule has 0 aliphatic rings. The van der Waals surface area contributed by atoms with Crippen molar-refractivity contribution >= 4 is 5.91 Å². The van der Waals surface area contributed by atoms with E-state index in [9.17, 15) is 4.79 Å². The summed E-state index contributed by atoms with van der Waals surface area (Å²) in [5.74, 6) is 5.35. The Labute approximate surface area is 102 Å². The van der Waals surface area contributed by atoms with Gasteiger partial charge in [-0.15, -0.1) is 0 Å². The number of nitrogens with one attached hydrogen (secondary N) is 1. The molecule has 0 bridgehead atoms. The zero-order chi connectivity index (χ0) is 12.8. The summed E-state index contributed by atoms with van der Waals surface area (Å²) >= 11 is 0. The second kappa shape index (κ2) is 6.32. The molecule has 5 nitrogen and oxygen atoms in total. The highest BCUT2D eigenvalue weighted by Gasteiger charge is 2.06. The molecular formula is C12H20N4O. The first-order valence-corrected chi connectivity index (χ1v) is 5.67. The summed E-state index contributed by atoms with van der Waals surface area (Å²) < 4.78 is 0. The zero-order valence-electron chi connectivity index (χ0n) is 10.6. The van der Waals surface area contributed by atoms with Gasteiger partial charge >= 0.3 is 0 Å². The molecule has 0 aromatic carbocycles. The van der Waals surface area contributed by atoms with Crippen LogP contribution in [0.2, 0.25) is 0 Å². The number of carbonyl (C=O) groups is 1. The molecule has 0 saturated carbocycles. The van der Waals surface area contributed by atoms with Crippen molar-refractivity contribution in [2.75, 3.05) is 13.6 Å². The predicted octanol–water partition coefficient (Wildman–Crippen LogP) is 0.773. The van der Waals surface area contributed by atoms with Gasteiger partial charge < -0.3 is 4.90 Å². The van der Waals surface area contributed by atoms with Crippen molar-refractivity contribution in [1.82, 2.24) is 15.3 Å². The SMILES string of the molecule is CC(C)CN(C)Cc1ccc(C(=O)NN)cn1. The maximum absolute atomic E-state index is 11.2. The normalized spacial score (nSPS) is 10.9. The van der Waals surface area contributed by atoms with Gasteiger partial charge in [-0.3, -0.25) is 15.2 Å². The Bertz CT molecular complexity index is 361. The third-order valence-corrected chi connectivity index (χ3v) is 2.33. The van der Waals surface area contributed by atoms with Gasteiger partial charge in [-0.05, 0) is 25.1 Å². The lowest BCUT2D eigenvalue weighted by molar-refractivity contribution is 0.0953. The maximum Gasteiger partial charge on any atom is 0.266 e. The van der Waals surface area contributed by atoms with Gasteiger partial charge in [0.25, 0.3) is 5.91 Å². The van der Waals surface area contributed by atoms with Gasteiger partial charge in [0.15, 0.2) is 0 Å². The maximum atomic E-state index is 11.2. The molecule has 0 saturated heterocycles. The lowest BCUT2D eigenvalue weighted by Gasteiger charge is -2.18. The quantitative estimate of drug-likeness (QED) is 0.450. The van der Waals surface area contributed by atoms with Gasteiger partial charge in [-0.25, -0.2) is 5.84 Å². The number of nitrogen functional groups attached to an aromatic ring is 1. The van der Waals surface area contributed by atoms with E-state index in [-0.39, 0.29) is 5.91 Å². The largest absolute Gasteiger partial charge is 0.300 e. The van der Waals surface area contributed by atoms with E-state index >= 15 is 0 Å². The van der Waals surface area contributed by atoms with Crippen LogP contribution >= 0.6 is 0 Å². The lowest BCUT2D eigenvalue weighted by atomic mass is 10.2. The molecule has 0 aliphatic heterocycles. The van der Waals surface area contributed by atoms with E-state index < -0.39 is 0 Å². The fraction of sp³-hybridized carbons (Fsp3) is 0.500. The number of nitrogens with two attached hydrogens (primary N) is 1. The van der Waals surface area contributed by atoms with Gasteiger partial charge in [0.05, 0.1) is 11.3 Å². The molecule has 1 heterocycles. The van der Waals surface area contributed by atoms with Crippen LogP contribution in [0.15, 0.2) is 18.3 Å². The summed E-state index contributed by atoms with van der Waals surface area (Å²) in [6.45, 7) is 6.16. The van der Waals surface area contributed by atoms with Crippen molar-refractivity contribution < 1.29 is 4.79 Å². The molecule has 0 spiro atoms. The van der Waals surface area contributed by atoms with Crippen LogP contribution in [0.25, 0.3) is 0 Å². The van der Waals surface area contributed by atoms with Crippen molar-refractivity contribution in [3.8, 4) is 0 Å². The number of hydrazine groups is 1. The van der Waals surface area contributed by atoms with E-state index in [1.807, 2.05) is 6.07 Å². The Kier molecular flexibility index (Phi) is 5.06. The molecule has 0 fully saturated rings. The number of carbonyl (C=O) groups excluding carboxylic acids is 1. The predicted molar refractivity (Wildman–Crippen MR) is 67.1 cm³/mol. The summed E-state index contributed by atoms with van der Waals surface area (Å²) in [6, 6.07) is 3.58. The van der Waals surface area contributed by atoms with Crippen LogP contribution in [0.4, 0.5) is 0 Å². The zero-order valence-corrected chi connectivity index (χ0v) is 10.6. The standard InChI is InChI=1S/C12H20N4O/c1-9(2)7-16(3)8-11-5-4-10(6-14-11)12(17)15-13/h4-6,9H,7-8,13H2,1-3H3,(H,15,17). The van der Waals surface area contributed by atoms with Crippen LogP contribution in [0, 0.1) is 5.92 Å². The van der Waals surface area contributed by atoms with E-state index in [4.69, 9.17) is 5.84 Å². The topological polar surface area (TPSA) is 71.2 Å². The first-order chi connectivity index (χ1) is 8.02. The van der Waals surface area contributed by atoms with Gasteiger partial charge in [0.1, 0.15) is 0 Å². The Morgan fingerprint density at radius 2 is 2.24 bits per heavy atom. The van der Waals surface area contributed by atoms with Gasteiger partial charge in [0.2, 0.25) is 0 Å². The molecule has 0 radical (unpaired) electrons. The minimum absolute atomic E-state index is 0.320. The Morgan fingerprint density at radius 1 is 1.53 bits per heavy atom. The Hall–Kier alpha value is -1.46. The number of amides is 1. The van der Waals surface area contributed by atoms with E-state index in [1.54, 1.807) is 12.3 Å². The van der Waals surface area contributed by atoms with Crippen molar-refractivity contribution in [1.29, 1.82) is 0 Å². The summed E-state index contributed by atoms with van der Waals surface area (Å²) in [7, 11) is 2.06. The molecule has 1 rings (SSSR count). The smallest absolute Gasteiger partial charge is 0.266 e. The van der Waals surface area contributed by atoms with Crippen LogP contribution in [-0.4, -0.2) is 29.4 Å². The Morgan fingerprint density at radius 3 is 2.71 bits per heavy atom. The van der Waals surface area contributed by atoms with Crippen molar-refractivity contribution in [3.05, 3.63) is 29.6 Å². The number of rotatable bonds is 5. The van der Waals surface area contributed by atoms with E-state index in [1.165, 1.54) is 0 Å². The molecular weight excluding hydrogens is 216 g/mol. The molecule has 5 heteroatoms.